The lowest BCUT2D eigenvalue weighted by Crippen LogP contribution is -2.45. The van der Waals surface area contributed by atoms with Gasteiger partial charge in [-0.1, -0.05) is 78.9 Å². The number of rotatable bonds is 10. The van der Waals surface area contributed by atoms with Gasteiger partial charge in [0.15, 0.2) is 6.61 Å². The molecule has 5 rings (SSSR count). The van der Waals surface area contributed by atoms with E-state index in [4.69, 9.17) is 9.47 Å². The third-order valence-corrected chi connectivity index (χ3v) is 6.69. The van der Waals surface area contributed by atoms with Crippen LogP contribution in [0.2, 0.25) is 0 Å². The van der Waals surface area contributed by atoms with E-state index >= 15 is 0 Å². The second-order valence-electron chi connectivity index (χ2n) is 9.73. The molecule has 3 amide bonds. The number of benzene rings is 4. The molecule has 4 aromatic rings. The van der Waals surface area contributed by atoms with Crippen LogP contribution in [0.15, 0.2) is 115 Å². The van der Waals surface area contributed by atoms with E-state index in [0.29, 0.717) is 17.2 Å². The maximum absolute atomic E-state index is 13.3. The van der Waals surface area contributed by atoms with E-state index in [1.54, 1.807) is 24.3 Å². The molecule has 0 bridgehead atoms. The molecule has 1 saturated heterocycles. The predicted molar refractivity (Wildman–Crippen MR) is 155 cm³/mol. The standard InChI is InChI=1S/C33H29N3O6/c37-29(34-26-16-18-28(19-17-26)42-27-14-8-3-9-15-27)22-41-33(40)25-20-30(38)36(21-25)35-32(39)31(23-10-4-1-5-11-23)24-12-6-2-7-13-24/h1-19,25,31H,20-22H2,(H,34,37)(H,35,39)/t25-/m0/s1. The van der Waals surface area contributed by atoms with Crippen molar-refractivity contribution in [2.45, 2.75) is 12.3 Å². The summed E-state index contributed by atoms with van der Waals surface area (Å²) in [4.78, 5) is 51.0. The lowest BCUT2D eigenvalue weighted by Gasteiger charge is -2.23. The van der Waals surface area contributed by atoms with Gasteiger partial charge in [-0.15, -0.1) is 0 Å². The van der Waals surface area contributed by atoms with Crippen LogP contribution in [0.3, 0.4) is 0 Å². The highest BCUT2D eigenvalue weighted by Gasteiger charge is 2.37. The van der Waals surface area contributed by atoms with Crippen LogP contribution < -0.4 is 15.5 Å². The van der Waals surface area contributed by atoms with Crippen LogP contribution in [-0.4, -0.2) is 41.9 Å². The van der Waals surface area contributed by atoms with Gasteiger partial charge >= 0.3 is 5.97 Å². The molecule has 1 aliphatic heterocycles. The van der Waals surface area contributed by atoms with Crippen molar-refractivity contribution in [3.63, 3.8) is 0 Å². The number of hydrogen-bond donors (Lipinski definition) is 2. The van der Waals surface area contributed by atoms with Crippen molar-refractivity contribution in [2.24, 2.45) is 5.92 Å². The van der Waals surface area contributed by atoms with Gasteiger partial charge in [-0.25, -0.2) is 0 Å². The Morgan fingerprint density at radius 3 is 1.90 bits per heavy atom. The fourth-order valence-electron chi connectivity index (χ4n) is 4.64. The zero-order chi connectivity index (χ0) is 29.3. The molecule has 212 valence electrons. The normalized spacial score (nSPS) is 14.4. The van der Waals surface area contributed by atoms with E-state index < -0.39 is 42.1 Å². The number of nitrogens with zero attached hydrogens (tertiary/aromatic N) is 1. The number of carbonyl (C=O) groups is 4. The number of nitrogens with one attached hydrogen (secondary N) is 2. The number of para-hydroxylation sites is 1. The summed E-state index contributed by atoms with van der Waals surface area (Å²) >= 11 is 0. The molecule has 1 fully saturated rings. The average molecular weight is 564 g/mol. The molecule has 4 aromatic carbocycles. The molecule has 1 heterocycles. The zero-order valence-electron chi connectivity index (χ0n) is 22.6. The Bertz CT molecular complexity index is 1490. The second kappa shape index (κ2) is 13.3. The zero-order valence-corrected chi connectivity index (χ0v) is 22.6. The summed E-state index contributed by atoms with van der Waals surface area (Å²) in [7, 11) is 0. The lowest BCUT2D eigenvalue weighted by atomic mass is 9.91. The number of anilines is 1. The number of amides is 3. The first-order valence-electron chi connectivity index (χ1n) is 13.5. The number of ether oxygens (including phenoxy) is 2. The van der Waals surface area contributed by atoms with Crippen LogP contribution in [0.1, 0.15) is 23.5 Å². The first-order chi connectivity index (χ1) is 20.5. The number of hydrogen-bond acceptors (Lipinski definition) is 6. The summed E-state index contributed by atoms with van der Waals surface area (Å²) in [6.07, 6.45) is -0.134. The van der Waals surface area contributed by atoms with E-state index in [2.05, 4.69) is 10.7 Å². The van der Waals surface area contributed by atoms with Crippen LogP contribution in [0.25, 0.3) is 0 Å². The molecule has 0 aromatic heterocycles. The van der Waals surface area contributed by atoms with Gasteiger partial charge in [0, 0.05) is 12.1 Å². The molecule has 0 aliphatic carbocycles. The van der Waals surface area contributed by atoms with Gasteiger partial charge in [0.25, 0.3) is 11.8 Å². The first-order valence-corrected chi connectivity index (χ1v) is 13.5. The van der Waals surface area contributed by atoms with Crippen LogP contribution in [0, 0.1) is 5.92 Å². The first kappa shape index (κ1) is 28.1. The van der Waals surface area contributed by atoms with Crippen LogP contribution in [0.5, 0.6) is 11.5 Å². The fraction of sp³-hybridized carbons (Fsp3) is 0.152. The topological polar surface area (TPSA) is 114 Å². The molecule has 0 spiro atoms. The van der Waals surface area contributed by atoms with Crippen LogP contribution in [-0.2, 0) is 23.9 Å². The minimum Gasteiger partial charge on any atom is -0.457 e. The highest BCUT2D eigenvalue weighted by atomic mass is 16.5. The van der Waals surface area contributed by atoms with Gasteiger partial charge in [0.2, 0.25) is 5.91 Å². The van der Waals surface area contributed by atoms with E-state index in [9.17, 15) is 19.2 Å². The van der Waals surface area contributed by atoms with E-state index in [-0.39, 0.29) is 13.0 Å². The lowest BCUT2D eigenvalue weighted by molar-refractivity contribution is -0.151. The molecule has 2 N–H and O–H groups in total. The summed E-state index contributed by atoms with van der Waals surface area (Å²) < 4.78 is 10.9. The van der Waals surface area contributed by atoms with Crippen LogP contribution in [0.4, 0.5) is 5.69 Å². The minimum absolute atomic E-state index is 0.0514. The van der Waals surface area contributed by atoms with Gasteiger partial charge in [-0.3, -0.25) is 29.6 Å². The van der Waals surface area contributed by atoms with Crippen molar-refractivity contribution < 1.29 is 28.7 Å². The number of carbonyl (C=O) groups excluding carboxylic acids is 4. The molecule has 9 nitrogen and oxygen atoms in total. The fourth-order valence-corrected chi connectivity index (χ4v) is 4.64. The van der Waals surface area contributed by atoms with Crippen molar-refractivity contribution in [1.29, 1.82) is 0 Å². The molecule has 42 heavy (non-hydrogen) atoms. The Kier molecular flexibility index (Phi) is 8.88. The maximum atomic E-state index is 13.3. The van der Waals surface area contributed by atoms with Crippen molar-refractivity contribution in [3.8, 4) is 11.5 Å². The highest BCUT2D eigenvalue weighted by Crippen LogP contribution is 2.26. The number of esters is 1. The molecule has 1 atom stereocenters. The van der Waals surface area contributed by atoms with Crippen molar-refractivity contribution in [3.05, 3.63) is 126 Å². The minimum atomic E-state index is -0.813. The summed E-state index contributed by atoms with van der Waals surface area (Å²) in [6.45, 7) is -0.563. The SMILES string of the molecule is O=C(COC(=O)[C@H]1CC(=O)N(NC(=O)C(c2ccccc2)c2ccccc2)C1)Nc1ccc(Oc2ccccc2)cc1. The quantitative estimate of drug-likeness (QED) is 0.271. The Balaban J connectivity index is 1.11. The van der Waals surface area contributed by atoms with Gasteiger partial charge in [-0.05, 0) is 47.5 Å². The summed E-state index contributed by atoms with van der Waals surface area (Å²) in [5.41, 5.74) is 4.73. The predicted octanol–water partition coefficient (Wildman–Crippen LogP) is 4.67. The largest absolute Gasteiger partial charge is 0.457 e. The van der Waals surface area contributed by atoms with E-state index in [1.165, 1.54) is 0 Å². The van der Waals surface area contributed by atoms with E-state index in [0.717, 1.165) is 16.1 Å². The third-order valence-electron chi connectivity index (χ3n) is 6.69. The summed E-state index contributed by atoms with van der Waals surface area (Å²) in [5.74, 6) is -2.18. The Morgan fingerprint density at radius 2 is 1.31 bits per heavy atom. The van der Waals surface area contributed by atoms with Crippen molar-refractivity contribution >= 4 is 29.4 Å². The van der Waals surface area contributed by atoms with Gasteiger partial charge < -0.3 is 14.8 Å². The van der Waals surface area contributed by atoms with Gasteiger partial charge in [0.05, 0.1) is 18.4 Å². The van der Waals surface area contributed by atoms with Gasteiger partial charge in [0.1, 0.15) is 11.5 Å². The van der Waals surface area contributed by atoms with Crippen LogP contribution >= 0.6 is 0 Å². The highest BCUT2D eigenvalue weighted by molar-refractivity contribution is 5.94. The molecule has 1 aliphatic rings. The third kappa shape index (κ3) is 7.19. The van der Waals surface area contributed by atoms with E-state index in [1.807, 2.05) is 91.0 Å². The molecular weight excluding hydrogens is 534 g/mol. The smallest absolute Gasteiger partial charge is 0.311 e. The molecule has 9 heteroatoms. The molecule has 0 saturated carbocycles. The Labute approximate surface area is 243 Å². The van der Waals surface area contributed by atoms with Gasteiger partial charge in [-0.2, -0.15) is 0 Å². The summed E-state index contributed by atoms with van der Waals surface area (Å²) in [6, 6.07) is 34.6. The van der Waals surface area contributed by atoms with Crippen molar-refractivity contribution in [1.82, 2.24) is 10.4 Å². The molecular formula is C33H29N3O6. The second-order valence-corrected chi connectivity index (χ2v) is 9.73. The average Bonchev–Trinajstić information content (AvgIpc) is 3.38. The maximum Gasteiger partial charge on any atom is 0.311 e. The molecule has 0 radical (unpaired) electrons. The monoisotopic (exact) mass is 563 g/mol. The summed E-state index contributed by atoms with van der Waals surface area (Å²) in [5, 5.41) is 3.81. The molecule has 0 unspecified atom stereocenters. The van der Waals surface area contributed by atoms with Crippen molar-refractivity contribution in [2.75, 3.05) is 18.5 Å². The number of hydrazine groups is 1. The Hall–Kier alpha value is -5.44. The Morgan fingerprint density at radius 1 is 0.762 bits per heavy atom.